The molecule has 1 heterocycles. The van der Waals surface area contributed by atoms with E-state index in [4.69, 9.17) is 25.9 Å². The fourth-order valence-electron chi connectivity index (χ4n) is 2.88. The number of aryl methyl sites for hydroxylation is 2. The van der Waals surface area contributed by atoms with Crippen molar-refractivity contribution in [2.24, 2.45) is 0 Å². The molecule has 0 amide bonds. The van der Waals surface area contributed by atoms with Crippen molar-refractivity contribution in [2.75, 3.05) is 0 Å². The molecule has 0 aliphatic rings. The molecule has 0 aliphatic carbocycles. The molecule has 3 aromatic rings. The molecule has 6 heteroatoms. The number of fused-ring (bicyclic) bond motifs is 1. The number of halogens is 1. The number of aliphatic carboxylic acids is 1. The normalized spacial score (nSPS) is 10.9. The molecular formula is C20H17ClO5. The number of carboxylic acids is 1. The van der Waals surface area contributed by atoms with Gasteiger partial charge in [0.05, 0.1) is 17.4 Å². The summed E-state index contributed by atoms with van der Waals surface area (Å²) in [5, 5.41) is 10.2. The SMILES string of the molecule is Cc1cc(OCc2ccccc2Cl)c2c(C)c(CC(=O)O)c(=O)oc2c1. The fraction of sp³-hybridized carbons (Fsp3) is 0.200. The Hall–Kier alpha value is -2.79. The molecule has 1 N–H and O–H groups in total. The van der Waals surface area contributed by atoms with Gasteiger partial charge in [0, 0.05) is 10.6 Å². The van der Waals surface area contributed by atoms with Crippen LogP contribution in [0.15, 0.2) is 45.6 Å². The Balaban J connectivity index is 2.10. The van der Waals surface area contributed by atoms with Crippen molar-refractivity contribution in [1.29, 1.82) is 0 Å². The van der Waals surface area contributed by atoms with Gasteiger partial charge in [0.2, 0.25) is 0 Å². The van der Waals surface area contributed by atoms with Gasteiger partial charge < -0.3 is 14.3 Å². The summed E-state index contributed by atoms with van der Waals surface area (Å²) in [6, 6.07) is 10.9. The van der Waals surface area contributed by atoms with Crippen molar-refractivity contribution in [3.63, 3.8) is 0 Å². The molecule has 3 rings (SSSR count). The molecular weight excluding hydrogens is 356 g/mol. The van der Waals surface area contributed by atoms with Crippen LogP contribution in [0, 0.1) is 13.8 Å². The quantitative estimate of drug-likeness (QED) is 0.677. The van der Waals surface area contributed by atoms with E-state index >= 15 is 0 Å². The maximum Gasteiger partial charge on any atom is 0.340 e. The first-order valence-electron chi connectivity index (χ1n) is 8.01. The third kappa shape index (κ3) is 3.58. The first-order valence-corrected chi connectivity index (χ1v) is 8.39. The highest BCUT2D eigenvalue weighted by atomic mass is 35.5. The number of hydrogen-bond acceptors (Lipinski definition) is 4. The minimum Gasteiger partial charge on any atom is -0.488 e. The van der Waals surface area contributed by atoms with Crippen LogP contribution in [0.1, 0.15) is 22.3 Å². The van der Waals surface area contributed by atoms with Crippen molar-refractivity contribution < 1.29 is 19.1 Å². The van der Waals surface area contributed by atoms with Gasteiger partial charge in [-0.25, -0.2) is 4.79 Å². The summed E-state index contributed by atoms with van der Waals surface area (Å²) >= 11 is 6.17. The van der Waals surface area contributed by atoms with Crippen molar-refractivity contribution in [3.05, 3.63) is 74.1 Å². The zero-order valence-corrected chi connectivity index (χ0v) is 15.1. The van der Waals surface area contributed by atoms with Gasteiger partial charge in [-0.2, -0.15) is 0 Å². The number of ether oxygens (including phenoxy) is 1. The van der Waals surface area contributed by atoms with Crippen molar-refractivity contribution in [1.82, 2.24) is 0 Å². The molecule has 0 bridgehead atoms. The van der Waals surface area contributed by atoms with Crippen molar-refractivity contribution in [2.45, 2.75) is 26.9 Å². The van der Waals surface area contributed by atoms with Crippen molar-refractivity contribution in [3.8, 4) is 5.75 Å². The topological polar surface area (TPSA) is 76.7 Å². The van der Waals surface area contributed by atoms with Gasteiger partial charge in [-0.3, -0.25) is 4.79 Å². The van der Waals surface area contributed by atoms with Crippen LogP contribution >= 0.6 is 11.6 Å². The third-order valence-electron chi connectivity index (χ3n) is 4.16. The Morgan fingerprint density at radius 1 is 1.23 bits per heavy atom. The Morgan fingerprint density at radius 2 is 1.96 bits per heavy atom. The highest BCUT2D eigenvalue weighted by Crippen LogP contribution is 2.32. The monoisotopic (exact) mass is 372 g/mol. The van der Waals surface area contributed by atoms with E-state index in [2.05, 4.69) is 0 Å². The number of carbonyl (C=O) groups is 1. The minimum atomic E-state index is -1.09. The highest BCUT2D eigenvalue weighted by molar-refractivity contribution is 6.31. The van der Waals surface area contributed by atoms with Gasteiger partial charge in [-0.15, -0.1) is 0 Å². The van der Waals surface area contributed by atoms with Gasteiger partial charge in [-0.05, 0) is 43.2 Å². The molecule has 0 unspecified atom stereocenters. The molecule has 5 nitrogen and oxygen atoms in total. The molecule has 134 valence electrons. The summed E-state index contributed by atoms with van der Waals surface area (Å²) in [6.07, 6.45) is -0.401. The molecule has 1 aromatic heterocycles. The first-order chi connectivity index (χ1) is 12.4. The van der Waals surface area contributed by atoms with Crippen LogP contribution in [-0.4, -0.2) is 11.1 Å². The second-order valence-corrected chi connectivity index (χ2v) is 6.49. The average molecular weight is 373 g/mol. The van der Waals surface area contributed by atoms with Crippen LogP contribution in [0.4, 0.5) is 0 Å². The Kier molecular flexibility index (Phi) is 5.00. The van der Waals surface area contributed by atoms with E-state index in [1.807, 2.05) is 31.2 Å². The Bertz CT molecular complexity index is 1050. The molecule has 26 heavy (non-hydrogen) atoms. The van der Waals surface area contributed by atoms with E-state index in [-0.39, 0.29) is 12.2 Å². The van der Waals surface area contributed by atoms with Crippen LogP contribution in [0.5, 0.6) is 5.75 Å². The number of hydrogen-bond donors (Lipinski definition) is 1. The van der Waals surface area contributed by atoms with E-state index in [9.17, 15) is 9.59 Å². The Morgan fingerprint density at radius 3 is 2.65 bits per heavy atom. The van der Waals surface area contributed by atoms with Crippen LogP contribution in [0.25, 0.3) is 11.0 Å². The maximum absolute atomic E-state index is 12.1. The largest absolute Gasteiger partial charge is 0.488 e. The van der Waals surface area contributed by atoms with E-state index < -0.39 is 18.0 Å². The van der Waals surface area contributed by atoms with Gasteiger partial charge in [0.25, 0.3) is 0 Å². The summed E-state index contributed by atoms with van der Waals surface area (Å²) in [5.74, 6) is -0.571. The number of carboxylic acid groups (broad SMARTS) is 1. The lowest BCUT2D eigenvalue weighted by Gasteiger charge is -2.14. The van der Waals surface area contributed by atoms with Gasteiger partial charge in [0.15, 0.2) is 0 Å². The second kappa shape index (κ2) is 7.22. The molecule has 0 saturated carbocycles. The molecule has 0 saturated heterocycles. The smallest absolute Gasteiger partial charge is 0.340 e. The number of rotatable bonds is 5. The van der Waals surface area contributed by atoms with Crippen molar-refractivity contribution >= 4 is 28.5 Å². The molecule has 2 aromatic carbocycles. The lowest BCUT2D eigenvalue weighted by molar-refractivity contribution is -0.136. The number of benzene rings is 2. The lowest BCUT2D eigenvalue weighted by Crippen LogP contribution is -2.15. The molecule has 0 spiro atoms. The zero-order chi connectivity index (χ0) is 18.8. The molecule has 0 aliphatic heterocycles. The minimum absolute atomic E-state index is 0.122. The third-order valence-corrected chi connectivity index (χ3v) is 4.52. The van der Waals surface area contributed by atoms with Crippen LogP contribution in [0.2, 0.25) is 5.02 Å². The standard InChI is InChI=1S/C20H17ClO5/c1-11-7-16(25-10-13-5-3-4-6-15(13)21)19-12(2)14(9-18(22)23)20(24)26-17(19)8-11/h3-8H,9-10H2,1-2H3,(H,22,23). The lowest BCUT2D eigenvalue weighted by atomic mass is 10.0. The fourth-order valence-corrected chi connectivity index (χ4v) is 3.07. The average Bonchev–Trinajstić information content (AvgIpc) is 2.57. The first kappa shape index (κ1) is 18.0. The van der Waals surface area contributed by atoms with Crippen LogP contribution in [0.3, 0.4) is 0 Å². The summed E-state index contributed by atoms with van der Waals surface area (Å²) in [4.78, 5) is 23.2. The van der Waals surface area contributed by atoms with Gasteiger partial charge in [0.1, 0.15) is 17.9 Å². The van der Waals surface area contributed by atoms with Gasteiger partial charge in [-0.1, -0.05) is 29.8 Å². The summed E-state index contributed by atoms with van der Waals surface area (Å²) in [5.41, 5.74) is 2.09. The van der Waals surface area contributed by atoms with Crippen LogP contribution in [-0.2, 0) is 17.8 Å². The molecule has 0 radical (unpaired) electrons. The van der Waals surface area contributed by atoms with E-state index in [0.717, 1.165) is 11.1 Å². The van der Waals surface area contributed by atoms with E-state index in [0.29, 0.717) is 27.3 Å². The zero-order valence-electron chi connectivity index (χ0n) is 14.3. The predicted octanol–water partition coefficient (Wildman–Crippen LogP) is 4.27. The molecule has 0 fully saturated rings. The summed E-state index contributed by atoms with van der Waals surface area (Å²) in [7, 11) is 0. The van der Waals surface area contributed by atoms with E-state index in [1.54, 1.807) is 19.1 Å². The van der Waals surface area contributed by atoms with E-state index in [1.165, 1.54) is 0 Å². The van der Waals surface area contributed by atoms with Crippen LogP contribution < -0.4 is 10.4 Å². The van der Waals surface area contributed by atoms with Gasteiger partial charge >= 0.3 is 11.6 Å². The maximum atomic E-state index is 12.1. The molecule has 0 atom stereocenters. The Labute approximate surface area is 154 Å². The second-order valence-electron chi connectivity index (χ2n) is 6.08. The predicted molar refractivity (Wildman–Crippen MR) is 99.1 cm³/mol. The summed E-state index contributed by atoms with van der Waals surface area (Å²) in [6.45, 7) is 3.81. The highest BCUT2D eigenvalue weighted by Gasteiger charge is 2.18. The summed E-state index contributed by atoms with van der Waals surface area (Å²) < 4.78 is 11.3.